The molecule has 0 bridgehead atoms. The molecule has 0 unspecified atom stereocenters. The number of hydrogen-bond acceptors (Lipinski definition) is 6. The van der Waals surface area contributed by atoms with E-state index < -0.39 is 31.3 Å². The predicted molar refractivity (Wildman–Crippen MR) is 76.3 cm³/mol. The van der Waals surface area contributed by atoms with Crippen molar-refractivity contribution >= 4 is 21.9 Å². The Bertz CT molecular complexity index is 454. The van der Waals surface area contributed by atoms with E-state index in [-0.39, 0.29) is 0 Å². The van der Waals surface area contributed by atoms with Crippen molar-refractivity contribution in [1.82, 2.24) is 5.32 Å². The van der Waals surface area contributed by atoms with Gasteiger partial charge in [-0.25, -0.2) is 4.79 Å². The van der Waals surface area contributed by atoms with E-state index in [4.69, 9.17) is 0 Å². The van der Waals surface area contributed by atoms with Gasteiger partial charge >= 0.3 is 5.97 Å². The van der Waals surface area contributed by atoms with Crippen LogP contribution in [0.4, 0.5) is 0 Å². The highest BCUT2D eigenvalue weighted by Gasteiger charge is 2.27. The van der Waals surface area contributed by atoms with Crippen LogP contribution in [-0.4, -0.2) is 53.8 Å². The molecule has 0 aliphatic carbocycles. The average Bonchev–Trinajstić information content (AvgIpc) is 2.49. The molecule has 0 aliphatic rings. The zero-order valence-corrected chi connectivity index (χ0v) is 12.7. The first-order chi connectivity index (χ1) is 9.51. The summed E-state index contributed by atoms with van der Waals surface area (Å²) in [5.74, 6) is -0.430. The lowest BCUT2D eigenvalue weighted by molar-refractivity contribution is 0.0413. The maximum Gasteiger partial charge on any atom is 0.337 e. The summed E-state index contributed by atoms with van der Waals surface area (Å²) in [6, 6.07) is 4.97. The molecule has 7 heteroatoms. The molecule has 0 aromatic heterocycles. The average molecular weight is 348 g/mol. The van der Waals surface area contributed by atoms with Gasteiger partial charge in [-0.15, -0.1) is 0 Å². The number of carbonyl (C=O) groups is 1. The van der Waals surface area contributed by atoms with Crippen LogP contribution in [0.1, 0.15) is 15.9 Å². The zero-order valence-electron chi connectivity index (χ0n) is 11.1. The van der Waals surface area contributed by atoms with Gasteiger partial charge in [0.1, 0.15) is 0 Å². The minimum Gasteiger partial charge on any atom is -0.465 e. The zero-order chi connectivity index (χ0) is 15.2. The number of benzene rings is 1. The molecule has 0 heterocycles. The number of ether oxygens (including phenoxy) is 1. The maximum absolute atomic E-state index is 11.4. The number of rotatable bonds is 7. The fourth-order valence-corrected chi connectivity index (χ4v) is 2.05. The number of halogens is 1. The van der Waals surface area contributed by atoms with Gasteiger partial charge in [0.2, 0.25) is 0 Å². The summed E-state index contributed by atoms with van der Waals surface area (Å²) >= 11 is 3.34. The highest BCUT2D eigenvalue weighted by Crippen LogP contribution is 2.20. The van der Waals surface area contributed by atoms with E-state index in [1.165, 1.54) is 7.11 Å². The van der Waals surface area contributed by atoms with Gasteiger partial charge in [-0.1, -0.05) is 22.0 Å². The van der Waals surface area contributed by atoms with E-state index in [0.29, 0.717) is 16.6 Å². The van der Waals surface area contributed by atoms with E-state index in [2.05, 4.69) is 26.0 Å². The third-order valence-corrected chi connectivity index (χ3v) is 3.77. The van der Waals surface area contributed by atoms with Gasteiger partial charge in [0.25, 0.3) is 0 Å². The number of aliphatic hydroxyl groups excluding tert-OH is 3. The summed E-state index contributed by atoms with van der Waals surface area (Å²) in [5, 5.41) is 30.6. The van der Waals surface area contributed by atoms with E-state index in [1.807, 2.05) is 0 Å². The smallest absolute Gasteiger partial charge is 0.337 e. The molecular formula is C13H18BrNO5. The highest BCUT2D eigenvalue weighted by atomic mass is 79.9. The molecule has 1 rings (SSSR count). The van der Waals surface area contributed by atoms with E-state index in [0.717, 1.165) is 5.56 Å². The van der Waals surface area contributed by atoms with Crippen molar-refractivity contribution in [3.63, 3.8) is 0 Å². The molecule has 0 saturated heterocycles. The van der Waals surface area contributed by atoms with Crippen LogP contribution in [0.5, 0.6) is 0 Å². The minimum atomic E-state index is -1.14. The lowest BCUT2D eigenvalue weighted by Crippen LogP contribution is -2.54. The Balaban J connectivity index is 2.81. The van der Waals surface area contributed by atoms with Gasteiger partial charge in [0, 0.05) is 11.0 Å². The third kappa shape index (κ3) is 4.00. The van der Waals surface area contributed by atoms with Crippen LogP contribution in [0.3, 0.4) is 0 Å². The molecule has 1 aromatic rings. The Morgan fingerprint density at radius 2 is 1.90 bits per heavy atom. The highest BCUT2D eigenvalue weighted by molar-refractivity contribution is 9.10. The van der Waals surface area contributed by atoms with Gasteiger partial charge in [0.15, 0.2) is 0 Å². The summed E-state index contributed by atoms with van der Waals surface area (Å²) in [5.41, 5.74) is 0.0961. The Hall–Kier alpha value is -0.990. The largest absolute Gasteiger partial charge is 0.465 e. The first-order valence-corrected chi connectivity index (χ1v) is 6.75. The second-order valence-electron chi connectivity index (χ2n) is 4.41. The number of aliphatic hydroxyl groups is 3. The van der Waals surface area contributed by atoms with E-state index in [1.54, 1.807) is 18.2 Å². The van der Waals surface area contributed by atoms with Crippen LogP contribution in [0.25, 0.3) is 0 Å². The first-order valence-electron chi connectivity index (χ1n) is 5.96. The molecule has 0 saturated carbocycles. The molecule has 0 amide bonds. The lowest BCUT2D eigenvalue weighted by atomic mass is 10.0. The molecule has 0 atom stereocenters. The Labute approximate surface area is 125 Å². The van der Waals surface area contributed by atoms with Crippen molar-refractivity contribution in [2.24, 2.45) is 0 Å². The van der Waals surface area contributed by atoms with Crippen molar-refractivity contribution < 1.29 is 24.9 Å². The topological polar surface area (TPSA) is 99.0 Å². The Morgan fingerprint density at radius 3 is 2.35 bits per heavy atom. The molecule has 0 radical (unpaired) electrons. The maximum atomic E-state index is 11.4. The van der Waals surface area contributed by atoms with Crippen LogP contribution in [-0.2, 0) is 11.3 Å². The predicted octanol–water partition coefficient (Wildman–Crippen LogP) is 0.0410. The fourth-order valence-electron chi connectivity index (χ4n) is 1.54. The van der Waals surface area contributed by atoms with Gasteiger partial charge in [-0.05, 0) is 17.7 Å². The SMILES string of the molecule is COC(=O)c1ccc(CNC(CO)(CO)CO)c(Br)c1. The molecular weight excluding hydrogens is 330 g/mol. The normalized spacial score (nSPS) is 11.4. The number of hydrogen-bond donors (Lipinski definition) is 4. The molecule has 6 nitrogen and oxygen atoms in total. The van der Waals surface area contributed by atoms with Crippen molar-refractivity contribution in [3.05, 3.63) is 33.8 Å². The Morgan fingerprint density at radius 1 is 1.30 bits per heavy atom. The van der Waals surface area contributed by atoms with E-state index >= 15 is 0 Å². The summed E-state index contributed by atoms with van der Waals surface area (Å²) in [6.07, 6.45) is 0. The monoisotopic (exact) mass is 347 g/mol. The standard InChI is InChI=1S/C13H18BrNO5/c1-20-12(19)9-2-3-10(11(14)4-9)5-15-13(6-16,7-17)8-18/h2-4,15-18H,5-8H2,1H3. The molecule has 0 spiro atoms. The van der Waals surface area contributed by atoms with Crippen molar-refractivity contribution in [1.29, 1.82) is 0 Å². The second-order valence-corrected chi connectivity index (χ2v) is 5.26. The number of esters is 1. The van der Waals surface area contributed by atoms with Crippen LogP contribution in [0.2, 0.25) is 0 Å². The van der Waals surface area contributed by atoms with Crippen LogP contribution >= 0.6 is 15.9 Å². The summed E-state index contributed by atoms with van der Waals surface area (Å²) < 4.78 is 5.31. The molecule has 112 valence electrons. The van der Waals surface area contributed by atoms with Crippen molar-refractivity contribution in [2.45, 2.75) is 12.1 Å². The third-order valence-electron chi connectivity index (χ3n) is 3.04. The second kappa shape index (κ2) is 7.70. The fraction of sp³-hybridized carbons (Fsp3) is 0.462. The quantitative estimate of drug-likeness (QED) is 0.520. The van der Waals surface area contributed by atoms with Gasteiger partial charge in [-0.3, -0.25) is 0 Å². The molecule has 20 heavy (non-hydrogen) atoms. The molecule has 4 N–H and O–H groups in total. The molecule has 1 aromatic carbocycles. The Kier molecular flexibility index (Phi) is 6.57. The van der Waals surface area contributed by atoms with Gasteiger partial charge in [-0.2, -0.15) is 0 Å². The summed E-state index contributed by atoms with van der Waals surface area (Å²) in [6.45, 7) is -0.864. The van der Waals surface area contributed by atoms with Crippen LogP contribution < -0.4 is 5.32 Å². The summed E-state index contributed by atoms with van der Waals surface area (Å²) in [4.78, 5) is 11.4. The van der Waals surface area contributed by atoms with Crippen LogP contribution in [0, 0.1) is 0 Å². The number of nitrogens with one attached hydrogen (secondary N) is 1. The van der Waals surface area contributed by atoms with Crippen molar-refractivity contribution in [3.8, 4) is 0 Å². The molecule has 0 aliphatic heterocycles. The van der Waals surface area contributed by atoms with Crippen LogP contribution in [0.15, 0.2) is 22.7 Å². The number of carbonyl (C=O) groups excluding carboxylic acids is 1. The lowest BCUT2D eigenvalue weighted by Gasteiger charge is -2.29. The summed E-state index contributed by atoms with van der Waals surface area (Å²) in [7, 11) is 1.31. The van der Waals surface area contributed by atoms with Crippen molar-refractivity contribution in [2.75, 3.05) is 26.9 Å². The van der Waals surface area contributed by atoms with Gasteiger partial charge in [0.05, 0.1) is 38.0 Å². The molecule has 0 fully saturated rings. The van der Waals surface area contributed by atoms with Gasteiger partial charge < -0.3 is 25.4 Å². The number of methoxy groups -OCH3 is 1. The van der Waals surface area contributed by atoms with E-state index in [9.17, 15) is 20.1 Å². The minimum absolute atomic E-state index is 0.309. The first kappa shape index (κ1) is 17.1.